The van der Waals surface area contributed by atoms with E-state index in [0.29, 0.717) is 23.4 Å². The molecule has 1 N–H and O–H groups in total. The van der Waals surface area contributed by atoms with Gasteiger partial charge < -0.3 is 10.2 Å². The van der Waals surface area contributed by atoms with Gasteiger partial charge in [-0.3, -0.25) is 4.79 Å². The summed E-state index contributed by atoms with van der Waals surface area (Å²) >= 11 is 6.75. The van der Waals surface area contributed by atoms with Crippen molar-refractivity contribution >= 4 is 28.9 Å². The topological polar surface area (TPSA) is 32.3 Å². The summed E-state index contributed by atoms with van der Waals surface area (Å²) in [6, 6.07) is 18.8. The summed E-state index contributed by atoms with van der Waals surface area (Å²) in [5, 5.41) is 4.10. The Morgan fingerprint density at radius 2 is 1.51 bits per heavy atom. The molecule has 1 amide bonds. The Labute approximate surface area is 215 Å². The molecule has 0 saturated heterocycles. The highest BCUT2D eigenvalue weighted by atomic mass is 35.5. The molecule has 4 heteroatoms. The maximum absolute atomic E-state index is 14.1. The second kappa shape index (κ2) is 10.1. The molecule has 2 unspecified atom stereocenters. The monoisotopic (exact) mass is 488 g/mol. The average molecular weight is 489 g/mol. The van der Waals surface area contributed by atoms with Crippen molar-refractivity contribution in [1.29, 1.82) is 0 Å². The van der Waals surface area contributed by atoms with Crippen LogP contribution in [0, 0.1) is 19.8 Å². The number of halogens is 1. The molecular weight excluding hydrogens is 452 g/mol. The molecule has 1 aliphatic rings. The van der Waals surface area contributed by atoms with Crippen LogP contribution < -0.4 is 10.2 Å². The molecule has 2 atom stereocenters. The van der Waals surface area contributed by atoms with Crippen molar-refractivity contribution < 1.29 is 4.79 Å². The second-order valence-electron chi connectivity index (χ2n) is 10.6. The van der Waals surface area contributed by atoms with E-state index in [4.69, 9.17) is 11.6 Å². The van der Waals surface area contributed by atoms with Crippen LogP contribution >= 0.6 is 11.6 Å². The van der Waals surface area contributed by atoms with Gasteiger partial charge in [0, 0.05) is 35.9 Å². The number of anilines is 2. The van der Waals surface area contributed by atoms with Crippen molar-refractivity contribution in [3.63, 3.8) is 0 Å². The van der Waals surface area contributed by atoms with E-state index in [9.17, 15) is 4.79 Å². The molecule has 4 rings (SSSR count). The Morgan fingerprint density at radius 3 is 2.11 bits per heavy atom. The molecule has 3 aromatic carbocycles. The molecule has 0 bridgehead atoms. The number of para-hydroxylation sites is 1. The predicted molar refractivity (Wildman–Crippen MR) is 149 cm³/mol. The smallest absolute Gasteiger partial charge is 0.230 e. The minimum absolute atomic E-state index is 0.0423. The quantitative estimate of drug-likeness (QED) is 0.394. The van der Waals surface area contributed by atoms with Gasteiger partial charge in [0.15, 0.2) is 0 Å². The number of benzene rings is 3. The molecule has 0 saturated carbocycles. The highest BCUT2D eigenvalue weighted by Gasteiger charge is 2.39. The van der Waals surface area contributed by atoms with Gasteiger partial charge in [0.2, 0.25) is 5.91 Å². The van der Waals surface area contributed by atoms with Crippen molar-refractivity contribution in [3.8, 4) is 0 Å². The molecule has 0 aromatic heterocycles. The van der Waals surface area contributed by atoms with Gasteiger partial charge in [0.1, 0.15) is 0 Å². The zero-order valence-corrected chi connectivity index (χ0v) is 22.7. The van der Waals surface area contributed by atoms with E-state index in [-0.39, 0.29) is 17.7 Å². The number of carbonyl (C=O) groups is 1. The van der Waals surface area contributed by atoms with Gasteiger partial charge >= 0.3 is 0 Å². The fraction of sp³-hybridized carbons (Fsp3) is 0.387. The first kappa shape index (κ1) is 25.3. The third-order valence-corrected chi connectivity index (χ3v) is 7.80. The number of carbonyl (C=O) groups excluding carboxylic acids is 1. The van der Waals surface area contributed by atoms with Gasteiger partial charge in [-0.05, 0) is 71.2 Å². The Morgan fingerprint density at radius 1 is 0.914 bits per heavy atom. The van der Waals surface area contributed by atoms with Crippen LogP contribution in [-0.2, 0) is 4.79 Å². The molecule has 0 fully saturated rings. The lowest BCUT2D eigenvalue weighted by Gasteiger charge is -2.40. The Kier molecular flexibility index (Phi) is 7.28. The van der Waals surface area contributed by atoms with Crippen LogP contribution in [0.4, 0.5) is 11.4 Å². The van der Waals surface area contributed by atoms with Crippen molar-refractivity contribution in [2.75, 3.05) is 23.8 Å². The van der Waals surface area contributed by atoms with Crippen LogP contribution in [0.25, 0.3) is 0 Å². The van der Waals surface area contributed by atoms with Gasteiger partial charge in [0.25, 0.3) is 0 Å². The van der Waals surface area contributed by atoms with E-state index in [0.717, 1.165) is 16.8 Å². The molecule has 3 nitrogen and oxygen atoms in total. The summed E-state index contributed by atoms with van der Waals surface area (Å²) in [5.74, 6) is 0.255. The minimum atomic E-state index is -0.283. The van der Waals surface area contributed by atoms with E-state index in [1.165, 1.54) is 27.9 Å². The van der Waals surface area contributed by atoms with Gasteiger partial charge in [-0.1, -0.05) is 81.8 Å². The fourth-order valence-corrected chi connectivity index (χ4v) is 5.63. The van der Waals surface area contributed by atoms with E-state index >= 15 is 0 Å². The van der Waals surface area contributed by atoms with Crippen molar-refractivity contribution in [2.24, 2.45) is 5.92 Å². The molecule has 0 spiro atoms. The van der Waals surface area contributed by atoms with Gasteiger partial charge in [-0.15, -0.1) is 0 Å². The maximum atomic E-state index is 14.1. The Balaban J connectivity index is 1.84. The number of nitrogens with zero attached hydrogens (tertiary/aromatic N) is 1. The van der Waals surface area contributed by atoms with E-state index in [2.05, 4.69) is 95.2 Å². The number of rotatable bonds is 5. The first-order chi connectivity index (χ1) is 16.6. The van der Waals surface area contributed by atoms with Gasteiger partial charge in [-0.25, -0.2) is 0 Å². The lowest BCUT2D eigenvalue weighted by atomic mass is 9.75. The van der Waals surface area contributed by atoms with Crippen LogP contribution in [0.15, 0.2) is 54.6 Å². The number of aryl methyl sites for hydroxylation is 2. The van der Waals surface area contributed by atoms with E-state index in [1.54, 1.807) is 0 Å². The summed E-state index contributed by atoms with van der Waals surface area (Å²) in [7, 11) is 2.08. The largest absolute Gasteiger partial charge is 0.374 e. The summed E-state index contributed by atoms with van der Waals surface area (Å²) < 4.78 is 0. The number of amides is 1. The van der Waals surface area contributed by atoms with E-state index in [1.807, 2.05) is 18.2 Å². The molecule has 35 heavy (non-hydrogen) atoms. The van der Waals surface area contributed by atoms with E-state index < -0.39 is 0 Å². The van der Waals surface area contributed by atoms with Gasteiger partial charge in [0.05, 0.1) is 5.92 Å². The number of hydrogen-bond donors (Lipinski definition) is 1. The SMILES string of the molecule is Cc1cc2c(cc1C)N(C)CC(C(=O)Nc1c(C(C)C)cccc1C(C)C)C2c1ccccc1Cl. The third kappa shape index (κ3) is 4.84. The standard InChI is InChI=1S/C31H37ClN2O/c1-18(2)22-12-10-13-23(19(3)4)30(22)33-31(35)26-17-34(7)28-16-21(6)20(5)15-25(28)29(26)24-11-8-9-14-27(24)32/h8-16,18-19,26,29H,17H2,1-7H3,(H,33,35). The van der Waals surface area contributed by atoms with Crippen LogP contribution in [0.1, 0.15) is 78.8 Å². The van der Waals surface area contributed by atoms with Crippen molar-refractivity contribution in [1.82, 2.24) is 0 Å². The molecule has 0 aliphatic carbocycles. The molecule has 1 aliphatic heterocycles. The zero-order valence-electron chi connectivity index (χ0n) is 21.9. The summed E-state index contributed by atoms with van der Waals surface area (Å²) in [5.41, 5.74) is 9.14. The predicted octanol–water partition coefficient (Wildman–Crippen LogP) is 8.04. The Bertz CT molecular complexity index is 1220. The minimum Gasteiger partial charge on any atom is -0.374 e. The summed E-state index contributed by atoms with van der Waals surface area (Å²) in [6.45, 7) is 13.6. The first-order valence-electron chi connectivity index (χ1n) is 12.6. The first-order valence-corrected chi connectivity index (χ1v) is 13.0. The van der Waals surface area contributed by atoms with Crippen LogP contribution in [0.5, 0.6) is 0 Å². The lowest BCUT2D eigenvalue weighted by molar-refractivity contribution is -0.120. The summed E-state index contributed by atoms with van der Waals surface area (Å²) in [6.07, 6.45) is 0. The second-order valence-corrected chi connectivity index (χ2v) is 11.0. The number of nitrogens with one attached hydrogen (secondary N) is 1. The van der Waals surface area contributed by atoms with Crippen molar-refractivity contribution in [3.05, 3.63) is 93.0 Å². The Hall–Kier alpha value is -2.78. The zero-order chi connectivity index (χ0) is 25.4. The molecule has 184 valence electrons. The molecular formula is C31H37ClN2O. The molecule has 0 radical (unpaired) electrons. The highest BCUT2D eigenvalue weighted by molar-refractivity contribution is 6.31. The number of fused-ring (bicyclic) bond motifs is 1. The lowest BCUT2D eigenvalue weighted by Crippen LogP contribution is -2.42. The van der Waals surface area contributed by atoms with Gasteiger partial charge in [-0.2, -0.15) is 0 Å². The third-order valence-electron chi connectivity index (χ3n) is 7.46. The average Bonchev–Trinajstić information content (AvgIpc) is 2.80. The number of hydrogen-bond acceptors (Lipinski definition) is 2. The maximum Gasteiger partial charge on any atom is 0.230 e. The molecule has 3 aromatic rings. The fourth-order valence-electron chi connectivity index (χ4n) is 5.38. The van der Waals surface area contributed by atoms with Crippen LogP contribution in [0.2, 0.25) is 5.02 Å². The molecule has 1 heterocycles. The summed E-state index contributed by atoms with van der Waals surface area (Å²) in [4.78, 5) is 16.4. The highest BCUT2D eigenvalue weighted by Crippen LogP contribution is 2.46. The van der Waals surface area contributed by atoms with Crippen LogP contribution in [-0.4, -0.2) is 19.5 Å². The normalized spacial score (nSPS) is 17.6. The van der Waals surface area contributed by atoms with Crippen LogP contribution in [0.3, 0.4) is 0 Å². The van der Waals surface area contributed by atoms with Crippen molar-refractivity contribution in [2.45, 2.75) is 59.3 Å².